The Morgan fingerprint density at radius 1 is 1.14 bits per heavy atom. The first-order valence-corrected chi connectivity index (χ1v) is 9.66. The molecule has 142 valence electrons. The molecule has 0 radical (unpaired) electrons. The van der Waals surface area contributed by atoms with Crippen LogP contribution in [0.1, 0.15) is 32.2 Å². The van der Waals surface area contributed by atoms with Gasteiger partial charge in [0, 0.05) is 29.0 Å². The fraction of sp³-hybridized carbons (Fsp3) is 0.190. The number of aryl methyl sites for hydroxylation is 2. The number of nitrogens with zero attached hydrogens (tertiary/aromatic N) is 3. The van der Waals surface area contributed by atoms with Crippen LogP contribution in [0.5, 0.6) is 0 Å². The van der Waals surface area contributed by atoms with Crippen molar-refractivity contribution in [3.8, 4) is 5.00 Å². The fourth-order valence-electron chi connectivity index (χ4n) is 3.15. The summed E-state index contributed by atoms with van der Waals surface area (Å²) in [6.07, 6.45) is 3.80. The molecule has 4 heterocycles. The minimum atomic E-state index is -0.420. The molecule has 0 aliphatic carbocycles. The molecule has 0 unspecified atom stereocenters. The zero-order chi connectivity index (χ0) is 19.8. The summed E-state index contributed by atoms with van der Waals surface area (Å²) in [6.45, 7) is 5.69. The highest BCUT2D eigenvalue weighted by atomic mass is 32.1. The van der Waals surface area contributed by atoms with Gasteiger partial charge in [0.15, 0.2) is 0 Å². The minimum absolute atomic E-state index is 0.0576. The number of rotatable bonds is 4. The van der Waals surface area contributed by atoms with Crippen LogP contribution >= 0.6 is 11.3 Å². The zero-order valence-corrected chi connectivity index (χ0v) is 16.6. The van der Waals surface area contributed by atoms with Crippen molar-refractivity contribution in [2.75, 3.05) is 0 Å². The van der Waals surface area contributed by atoms with E-state index in [1.807, 2.05) is 62.0 Å². The Bertz CT molecular complexity index is 1240. The number of thiophene rings is 1. The first-order valence-electron chi connectivity index (χ1n) is 8.84. The van der Waals surface area contributed by atoms with Crippen LogP contribution in [0.15, 0.2) is 53.6 Å². The molecular weight excluding hydrogens is 374 g/mol. The molecule has 4 aromatic heterocycles. The molecule has 0 N–H and O–H groups in total. The second kappa shape index (κ2) is 7.09. The topological polar surface area (TPSA) is 65.6 Å². The van der Waals surface area contributed by atoms with Crippen molar-refractivity contribution in [2.24, 2.45) is 0 Å². The van der Waals surface area contributed by atoms with Crippen molar-refractivity contribution in [3.05, 3.63) is 86.5 Å². The third-order valence-electron chi connectivity index (χ3n) is 4.69. The number of hydrogen-bond donors (Lipinski definition) is 0. The monoisotopic (exact) mass is 393 g/mol. The number of ether oxygens (including phenoxy) is 1. The van der Waals surface area contributed by atoms with E-state index in [4.69, 9.17) is 4.74 Å². The second-order valence-electron chi connectivity index (χ2n) is 6.58. The van der Waals surface area contributed by atoms with Crippen molar-refractivity contribution in [1.29, 1.82) is 0 Å². The summed E-state index contributed by atoms with van der Waals surface area (Å²) in [6, 6.07) is 10.7. The normalized spacial score (nSPS) is 11.1. The van der Waals surface area contributed by atoms with Crippen molar-refractivity contribution < 1.29 is 9.53 Å². The lowest BCUT2D eigenvalue weighted by Gasteiger charge is -2.09. The van der Waals surface area contributed by atoms with E-state index in [1.54, 1.807) is 17.4 Å². The van der Waals surface area contributed by atoms with Crippen LogP contribution in [-0.4, -0.2) is 19.9 Å². The van der Waals surface area contributed by atoms with Crippen molar-refractivity contribution in [2.45, 2.75) is 27.4 Å². The van der Waals surface area contributed by atoms with Gasteiger partial charge in [0.2, 0.25) is 0 Å². The van der Waals surface area contributed by atoms with Gasteiger partial charge in [-0.2, -0.15) is 0 Å². The van der Waals surface area contributed by atoms with Crippen LogP contribution in [0, 0.1) is 20.8 Å². The molecule has 0 atom stereocenters. The third-order valence-corrected chi connectivity index (χ3v) is 5.91. The van der Waals surface area contributed by atoms with E-state index >= 15 is 0 Å². The quantitative estimate of drug-likeness (QED) is 0.494. The summed E-state index contributed by atoms with van der Waals surface area (Å²) in [4.78, 5) is 30.7. The standard InChI is InChI=1S/C21H19N3O3S/c1-13-7-6-8-17-22-16(11-18(25)24(13)17)12-27-21(26)19-14(2)15(3)28-20(19)23-9-4-5-10-23/h4-11H,12H2,1-3H3. The Morgan fingerprint density at radius 2 is 1.89 bits per heavy atom. The summed E-state index contributed by atoms with van der Waals surface area (Å²) in [7, 11) is 0. The average Bonchev–Trinajstić information content (AvgIpc) is 3.28. The average molecular weight is 393 g/mol. The van der Waals surface area contributed by atoms with E-state index in [1.165, 1.54) is 10.5 Å². The number of carbonyl (C=O) groups is 1. The van der Waals surface area contributed by atoms with Gasteiger partial charge >= 0.3 is 5.97 Å². The van der Waals surface area contributed by atoms with Crippen molar-refractivity contribution >= 4 is 23.0 Å². The third kappa shape index (κ3) is 3.14. The molecular formula is C21H19N3O3S. The maximum Gasteiger partial charge on any atom is 0.341 e. The number of aromatic nitrogens is 3. The highest BCUT2D eigenvalue weighted by Gasteiger charge is 2.22. The lowest BCUT2D eigenvalue weighted by atomic mass is 10.1. The van der Waals surface area contributed by atoms with Crippen LogP contribution in [0.4, 0.5) is 0 Å². The maximum atomic E-state index is 12.8. The highest BCUT2D eigenvalue weighted by Crippen LogP contribution is 2.31. The van der Waals surface area contributed by atoms with Crippen molar-refractivity contribution in [3.63, 3.8) is 0 Å². The maximum absolute atomic E-state index is 12.8. The van der Waals surface area contributed by atoms with Crippen LogP contribution < -0.4 is 5.56 Å². The molecule has 0 spiro atoms. The van der Waals surface area contributed by atoms with Gasteiger partial charge in [0.05, 0.1) is 11.3 Å². The number of esters is 1. The number of carbonyl (C=O) groups excluding carboxylic acids is 1. The molecule has 0 fully saturated rings. The second-order valence-corrected chi connectivity index (χ2v) is 7.78. The number of hydrogen-bond acceptors (Lipinski definition) is 5. The first kappa shape index (κ1) is 18.2. The molecule has 0 saturated carbocycles. The smallest absolute Gasteiger partial charge is 0.341 e. The van der Waals surface area contributed by atoms with E-state index in [9.17, 15) is 9.59 Å². The summed E-state index contributed by atoms with van der Waals surface area (Å²) >= 11 is 1.55. The molecule has 4 rings (SSSR count). The van der Waals surface area contributed by atoms with Crippen molar-refractivity contribution in [1.82, 2.24) is 14.0 Å². The SMILES string of the molecule is Cc1sc(-n2cccc2)c(C(=O)OCc2cc(=O)n3c(C)cccc3n2)c1C. The van der Waals surface area contributed by atoms with Gasteiger partial charge in [-0.15, -0.1) is 11.3 Å². The minimum Gasteiger partial charge on any atom is -0.455 e. The van der Waals surface area contributed by atoms with Crippen LogP contribution in [0.25, 0.3) is 10.6 Å². The molecule has 0 saturated heterocycles. The fourth-order valence-corrected chi connectivity index (χ4v) is 4.26. The molecule has 6 nitrogen and oxygen atoms in total. The van der Waals surface area contributed by atoms with Gasteiger partial charge in [-0.3, -0.25) is 9.20 Å². The zero-order valence-electron chi connectivity index (χ0n) is 15.8. The molecule has 28 heavy (non-hydrogen) atoms. The van der Waals surface area contributed by atoms with Crippen LogP contribution in [0.3, 0.4) is 0 Å². The van der Waals surface area contributed by atoms with Gasteiger partial charge in [0.1, 0.15) is 17.3 Å². The van der Waals surface area contributed by atoms with Gasteiger partial charge in [-0.1, -0.05) is 6.07 Å². The molecule has 0 aliphatic rings. The Labute approximate surface area is 165 Å². The van der Waals surface area contributed by atoms with E-state index in [0.29, 0.717) is 16.9 Å². The predicted molar refractivity (Wildman–Crippen MR) is 108 cm³/mol. The van der Waals surface area contributed by atoms with E-state index in [0.717, 1.165) is 21.1 Å². The lowest BCUT2D eigenvalue weighted by molar-refractivity contribution is 0.0467. The van der Waals surface area contributed by atoms with Gasteiger partial charge in [0.25, 0.3) is 5.56 Å². The van der Waals surface area contributed by atoms with Gasteiger partial charge in [-0.05, 0) is 50.6 Å². The summed E-state index contributed by atoms with van der Waals surface area (Å²) in [5.41, 5.74) is 3.03. The number of fused-ring (bicyclic) bond motifs is 1. The largest absolute Gasteiger partial charge is 0.455 e. The Kier molecular flexibility index (Phi) is 4.60. The van der Waals surface area contributed by atoms with Gasteiger partial charge in [-0.25, -0.2) is 9.78 Å². The molecule has 0 aliphatic heterocycles. The molecule has 7 heteroatoms. The summed E-state index contributed by atoms with van der Waals surface area (Å²) in [5.74, 6) is -0.420. The Morgan fingerprint density at radius 3 is 2.64 bits per heavy atom. The van der Waals surface area contributed by atoms with E-state index in [2.05, 4.69) is 4.98 Å². The number of pyridine rings is 1. The van der Waals surface area contributed by atoms with Crippen LogP contribution in [0.2, 0.25) is 0 Å². The molecule has 0 amide bonds. The molecule has 4 aromatic rings. The highest BCUT2D eigenvalue weighted by molar-refractivity contribution is 7.15. The Hall–Kier alpha value is -3.19. The predicted octanol–water partition coefficient (Wildman–Crippen LogP) is 3.83. The Balaban J connectivity index is 1.63. The molecule has 0 bridgehead atoms. The first-order chi connectivity index (χ1) is 13.5. The van der Waals surface area contributed by atoms with Gasteiger partial charge < -0.3 is 9.30 Å². The molecule has 0 aromatic carbocycles. The summed E-state index contributed by atoms with van der Waals surface area (Å²) in [5, 5.41) is 0.826. The van der Waals surface area contributed by atoms with E-state index < -0.39 is 5.97 Å². The summed E-state index contributed by atoms with van der Waals surface area (Å²) < 4.78 is 8.96. The lowest BCUT2D eigenvalue weighted by Crippen LogP contribution is -2.18. The van der Waals surface area contributed by atoms with E-state index in [-0.39, 0.29) is 12.2 Å². The van der Waals surface area contributed by atoms with Crippen LogP contribution in [-0.2, 0) is 11.3 Å².